The fourth-order valence-corrected chi connectivity index (χ4v) is 1.91. The molecule has 0 aliphatic heterocycles. The fourth-order valence-electron chi connectivity index (χ4n) is 1.91. The summed E-state index contributed by atoms with van der Waals surface area (Å²) in [5, 5.41) is 3.33. The summed E-state index contributed by atoms with van der Waals surface area (Å²) in [4.78, 5) is 2.47. The first-order valence-corrected chi connectivity index (χ1v) is 6.17. The Bertz CT molecular complexity index is 160. The first kappa shape index (κ1) is 14.9. The topological polar surface area (TPSA) is 15.3 Å². The molecule has 0 amide bonds. The summed E-state index contributed by atoms with van der Waals surface area (Å²) in [6.45, 7) is 12.6. The molecule has 0 heterocycles. The molecule has 0 aliphatic rings. The van der Waals surface area contributed by atoms with E-state index in [1.54, 1.807) is 0 Å². The Morgan fingerprint density at radius 1 is 1.27 bits per heavy atom. The highest BCUT2D eigenvalue weighted by Gasteiger charge is 2.22. The normalized spacial score (nSPS) is 16.8. The Kier molecular flexibility index (Phi) is 6.46. The Balaban J connectivity index is 4.31. The van der Waals surface area contributed by atoms with Crippen molar-refractivity contribution >= 4 is 0 Å². The second-order valence-corrected chi connectivity index (χ2v) is 5.92. The molecule has 15 heavy (non-hydrogen) atoms. The molecule has 2 heteroatoms. The van der Waals surface area contributed by atoms with Crippen LogP contribution in [-0.2, 0) is 0 Å². The number of hydrogen-bond acceptors (Lipinski definition) is 2. The second-order valence-electron chi connectivity index (χ2n) is 5.92. The van der Waals surface area contributed by atoms with Gasteiger partial charge in [-0.3, -0.25) is 0 Å². The van der Waals surface area contributed by atoms with E-state index < -0.39 is 0 Å². The lowest BCUT2D eigenvalue weighted by atomic mass is 9.85. The molecule has 2 unspecified atom stereocenters. The van der Waals surface area contributed by atoms with Crippen LogP contribution in [0.15, 0.2) is 0 Å². The van der Waals surface area contributed by atoms with Crippen molar-refractivity contribution in [2.45, 2.75) is 59.5 Å². The Labute approximate surface area is 96.4 Å². The summed E-state index contributed by atoms with van der Waals surface area (Å²) in [6, 6.07) is 1.30. The minimum Gasteiger partial charge on any atom is -0.317 e. The third-order valence-corrected chi connectivity index (χ3v) is 3.09. The van der Waals surface area contributed by atoms with Crippen LogP contribution in [0.3, 0.4) is 0 Å². The van der Waals surface area contributed by atoms with Crippen LogP contribution >= 0.6 is 0 Å². The van der Waals surface area contributed by atoms with Gasteiger partial charge in [0.2, 0.25) is 0 Å². The van der Waals surface area contributed by atoms with Crippen molar-refractivity contribution in [3.05, 3.63) is 0 Å². The van der Waals surface area contributed by atoms with Gasteiger partial charge in [0.05, 0.1) is 0 Å². The van der Waals surface area contributed by atoms with Crippen molar-refractivity contribution in [1.82, 2.24) is 10.2 Å². The lowest BCUT2D eigenvalue weighted by Gasteiger charge is -2.34. The van der Waals surface area contributed by atoms with Crippen molar-refractivity contribution < 1.29 is 0 Å². The van der Waals surface area contributed by atoms with Crippen molar-refractivity contribution in [3.8, 4) is 0 Å². The van der Waals surface area contributed by atoms with Crippen molar-refractivity contribution in [2.24, 2.45) is 5.41 Å². The average Bonchev–Trinajstić information content (AvgIpc) is 2.13. The number of nitrogens with zero attached hydrogens (tertiary/aromatic N) is 1. The van der Waals surface area contributed by atoms with Gasteiger partial charge in [0.1, 0.15) is 0 Å². The van der Waals surface area contributed by atoms with Crippen molar-refractivity contribution in [1.29, 1.82) is 0 Å². The molecule has 0 saturated carbocycles. The van der Waals surface area contributed by atoms with E-state index in [1.165, 1.54) is 12.8 Å². The molecule has 0 saturated heterocycles. The van der Waals surface area contributed by atoms with Gasteiger partial charge < -0.3 is 10.2 Å². The maximum atomic E-state index is 3.33. The molecule has 0 aromatic rings. The van der Waals surface area contributed by atoms with E-state index in [1.807, 2.05) is 7.05 Å². The zero-order valence-corrected chi connectivity index (χ0v) is 11.7. The fraction of sp³-hybridized carbons (Fsp3) is 1.00. The highest BCUT2D eigenvalue weighted by atomic mass is 15.1. The third kappa shape index (κ3) is 6.91. The van der Waals surface area contributed by atoms with Crippen molar-refractivity contribution in [3.63, 3.8) is 0 Å². The van der Waals surface area contributed by atoms with Gasteiger partial charge in [0, 0.05) is 12.1 Å². The van der Waals surface area contributed by atoms with Gasteiger partial charge >= 0.3 is 0 Å². The molecule has 92 valence electrons. The smallest absolute Gasteiger partial charge is 0.0112 e. The predicted molar refractivity (Wildman–Crippen MR) is 69.3 cm³/mol. The van der Waals surface area contributed by atoms with E-state index in [4.69, 9.17) is 0 Å². The van der Waals surface area contributed by atoms with Crippen LogP contribution in [0.2, 0.25) is 0 Å². The maximum Gasteiger partial charge on any atom is 0.0112 e. The summed E-state index contributed by atoms with van der Waals surface area (Å²) in [6.07, 6.45) is 2.50. The van der Waals surface area contributed by atoms with Crippen LogP contribution in [0.1, 0.15) is 47.5 Å². The number of rotatable bonds is 6. The van der Waals surface area contributed by atoms with E-state index in [0.717, 1.165) is 6.54 Å². The molecule has 0 aromatic heterocycles. The van der Waals surface area contributed by atoms with Gasteiger partial charge in [0.15, 0.2) is 0 Å². The zero-order valence-electron chi connectivity index (χ0n) is 11.7. The largest absolute Gasteiger partial charge is 0.317 e. The molecule has 0 spiro atoms. The quantitative estimate of drug-likeness (QED) is 0.731. The highest BCUT2D eigenvalue weighted by molar-refractivity contribution is 4.78. The monoisotopic (exact) mass is 214 g/mol. The van der Waals surface area contributed by atoms with Gasteiger partial charge in [-0.1, -0.05) is 27.7 Å². The van der Waals surface area contributed by atoms with E-state index in [0.29, 0.717) is 17.5 Å². The van der Waals surface area contributed by atoms with E-state index in [9.17, 15) is 0 Å². The first-order valence-electron chi connectivity index (χ1n) is 6.17. The Morgan fingerprint density at radius 3 is 2.13 bits per heavy atom. The van der Waals surface area contributed by atoms with Gasteiger partial charge in [-0.2, -0.15) is 0 Å². The van der Waals surface area contributed by atoms with Gasteiger partial charge in [-0.15, -0.1) is 0 Å². The van der Waals surface area contributed by atoms with Gasteiger partial charge in [0.25, 0.3) is 0 Å². The molecule has 1 N–H and O–H groups in total. The van der Waals surface area contributed by atoms with E-state index >= 15 is 0 Å². The average molecular weight is 214 g/mol. The second kappa shape index (κ2) is 6.49. The van der Waals surface area contributed by atoms with Crippen LogP contribution < -0.4 is 5.32 Å². The molecular formula is C13H30N2. The first-order chi connectivity index (χ1) is 6.80. The number of hydrogen-bond donors (Lipinski definition) is 1. The van der Waals surface area contributed by atoms with Gasteiger partial charge in [-0.25, -0.2) is 0 Å². The lowest BCUT2D eigenvalue weighted by molar-refractivity contribution is 0.167. The van der Waals surface area contributed by atoms with Crippen LogP contribution in [-0.4, -0.2) is 37.6 Å². The minimum atomic E-state index is 0.418. The molecule has 2 atom stereocenters. The molecule has 0 aliphatic carbocycles. The molecular weight excluding hydrogens is 184 g/mol. The minimum absolute atomic E-state index is 0.418. The standard InChI is InChI=1S/C13H30N2/c1-8-15(7)12(9-11(2)14-6)10-13(3,4)5/h11-12,14H,8-10H2,1-7H3. The van der Waals surface area contributed by atoms with E-state index in [-0.39, 0.29) is 0 Å². The molecule has 0 fully saturated rings. The Morgan fingerprint density at radius 2 is 1.80 bits per heavy atom. The van der Waals surface area contributed by atoms with Crippen LogP contribution in [0.5, 0.6) is 0 Å². The predicted octanol–water partition coefficient (Wildman–Crippen LogP) is 2.74. The van der Waals surface area contributed by atoms with Gasteiger partial charge in [-0.05, 0) is 45.8 Å². The third-order valence-electron chi connectivity index (χ3n) is 3.09. The SMILES string of the molecule is CCN(C)C(CC(C)NC)CC(C)(C)C. The molecule has 2 nitrogen and oxygen atoms in total. The van der Waals surface area contributed by atoms with Crippen LogP contribution in [0.25, 0.3) is 0 Å². The maximum absolute atomic E-state index is 3.33. The summed E-state index contributed by atoms with van der Waals surface area (Å²) < 4.78 is 0. The van der Waals surface area contributed by atoms with Crippen molar-refractivity contribution in [2.75, 3.05) is 20.6 Å². The van der Waals surface area contributed by atoms with Crippen LogP contribution in [0.4, 0.5) is 0 Å². The molecule has 0 rings (SSSR count). The molecule has 0 aromatic carbocycles. The van der Waals surface area contributed by atoms with Crippen LogP contribution in [0, 0.1) is 5.41 Å². The molecule has 0 bridgehead atoms. The Hall–Kier alpha value is -0.0800. The molecule has 0 radical (unpaired) electrons. The lowest BCUT2D eigenvalue weighted by Crippen LogP contribution is -2.39. The summed E-state index contributed by atoms with van der Waals surface area (Å²) >= 11 is 0. The summed E-state index contributed by atoms with van der Waals surface area (Å²) in [5.74, 6) is 0. The van der Waals surface area contributed by atoms with E-state index in [2.05, 4.69) is 51.9 Å². The summed E-state index contributed by atoms with van der Waals surface area (Å²) in [5.41, 5.74) is 0.418. The highest BCUT2D eigenvalue weighted by Crippen LogP contribution is 2.25. The number of nitrogens with one attached hydrogen (secondary N) is 1. The zero-order chi connectivity index (χ0) is 12.1. The summed E-state index contributed by atoms with van der Waals surface area (Å²) in [7, 11) is 4.28.